The molecule has 0 spiro atoms. The van der Waals surface area contributed by atoms with Crippen molar-refractivity contribution >= 4 is 23.6 Å². The molecule has 1 amide bonds. The van der Waals surface area contributed by atoms with Gasteiger partial charge >= 0.3 is 5.97 Å². The summed E-state index contributed by atoms with van der Waals surface area (Å²) in [6.07, 6.45) is 1.47. The molecule has 1 aromatic carbocycles. The van der Waals surface area contributed by atoms with Gasteiger partial charge < -0.3 is 10.0 Å². The molecule has 1 unspecified atom stereocenters. The first-order chi connectivity index (χ1) is 10.5. The van der Waals surface area contributed by atoms with Crippen molar-refractivity contribution in [3.63, 3.8) is 0 Å². The van der Waals surface area contributed by atoms with E-state index in [9.17, 15) is 14.7 Å². The number of carboxylic acid groups (broad SMARTS) is 1. The Morgan fingerprint density at radius 3 is 2.64 bits per heavy atom. The molecule has 0 radical (unpaired) electrons. The Hall–Kier alpha value is -1.49. The predicted molar refractivity (Wildman–Crippen MR) is 88.9 cm³/mol. The molecule has 1 atom stereocenters. The molecule has 120 valence electrons. The first-order valence-electron chi connectivity index (χ1n) is 7.66. The van der Waals surface area contributed by atoms with E-state index in [2.05, 4.69) is 13.8 Å². The van der Waals surface area contributed by atoms with Crippen LogP contribution in [-0.4, -0.2) is 39.4 Å². The molecular weight excluding hydrogens is 298 g/mol. The average Bonchev–Trinajstić information content (AvgIpc) is 2.49. The number of carboxylic acids is 1. The smallest absolute Gasteiger partial charge is 0.326 e. The molecule has 1 aliphatic rings. The van der Waals surface area contributed by atoms with Crippen molar-refractivity contribution in [2.75, 3.05) is 11.5 Å². The number of hydrogen-bond donors (Lipinski definition) is 1. The van der Waals surface area contributed by atoms with Crippen LogP contribution in [0.2, 0.25) is 0 Å². The Morgan fingerprint density at radius 1 is 1.32 bits per heavy atom. The fraction of sp³-hybridized carbons (Fsp3) is 0.529. The molecular formula is C17H23NO3S. The highest BCUT2D eigenvalue weighted by atomic mass is 32.2. The van der Waals surface area contributed by atoms with Crippen LogP contribution >= 0.6 is 11.8 Å². The molecule has 0 saturated heterocycles. The van der Waals surface area contributed by atoms with Crippen LogP contribution in [0.5, 0.6) is 0 Å². The zero-order valence-corrected chi connectivity index (χ0v) is 13.9. The van der Waals surface area contributed by atoms with Crippen LogP contribution in [0.15, 0.2) is 24.3 Å². The third kappa shape index (κ3) is 4.26. The zero-order valence-electron chi connectivity index (χ0n) is 13.1. The van der Waals surface area contributed by atoms with Gasteiger partial charge in [0.1, 0.15) is 6.04 Å². The summed E-state index contributed by atoms with van der Waals surface area (Å²) in [7, 11) is 0. The molecule has 0 aromatic heterocycles. The summed E-state index contributed by atoms with van der Waals surface area (Å²) >= 11 is 1.59. The molecule has 5 heteroatoms. The highest BCUT2D eigenvalue weighted by Crippen LogP contribution is 2.24. The van der Waals surface area contributed by atoms with Gasteiger partial charge in [-0.3, -0.25) is 4.79 Å². The summed E-state index contributed by atoms with van der Waals surface area (Å²) in [6, 6.07) is 7.02. The minimum Gasteiger partial charge on any atom is -0.480 e. The third-order valence-corrected chi connectivity index (χ3v) is 4.89. The molecule has 22 heavy (non-hydrogen) atoms. The topological polar surface area (TPSA) is 57.6 Å². The van der Waals surface area contributed by atoms with Gasteiger partial charge in [0, 0.05) is 13.0 Å². The van der Waals surface area contributed by atoms with Gasteiger partial charge in [0.15, 0.2) is 0 Å². The van der Waals surface area contributed by atoms with E-state index in [0.717, 1.165) is 23.3 Å². The van der Waals surface area contributed by atoms with E-state index in [0.29, 0.717) is 24.6 Å². The Labute approximate surface area is 135 Å². The molecule has 4 nitrogen and oxygen atoms in total. The van der Waals surface area contributed by atoms with E-state index in [1.165, 1.54) is 4.90 Å². The Kier molecular flexibility index (Phi) is 5.89. The third-order valence-electron chi connectivity index (χ3n) is 3.92. The van der Waals surface area contributed by atoms with E-state index in [-0.39, 0.29) is 5.91 Å². The number of thioether (sulfide) groups is 1. The fourth-order valence-corrected chi connectivity index (χ4v) is 3.69. The lowest BCUT2D eigenvalue weighted by molar-refractivity contribution is -0.150. The number of fused-ring (bicyclic) bond motifs is 1. The zero-order chi connectivity index (χ0) is 16.1. The maximum Gasteiger partial charge on any atom is 0.326 e. The second-order valence-corrected chi connectivity index (χ2v) is 7.19. The average molecular weight is 321 g/mol. The van der Waals surface area contributed by atoms with E-state index in [4.69, 9.17) is 0 Å². The Bertz CT molecular complexity index is 544. The second-order valence-electron chi connectivity index (χ2n) is 6.08. The van der Waals surface area contributed by atoms with E-state index in [1.54, 1.807) is 11.8 Å². The van der Waals surface area contributed by atoms with Crippen LogP contribution in [0.25, 0.3) is 0 Å². The van der Waals surface area contributed by atoms with Gasteiger partial charge in [-0.2, -0.15) is 11.8 Å². The van der Waals surface area contributed by atoms with Gasteiger partial charge in [0.2, 0.25) is 5.91 Å². The quantitative estimate of drug-likeness (QED) is 0.819. The minimum absolute atomic E-state index is 0.0735. The number of hydrogen-bond acceptors (Lipinski definition) is 3. The monoisotopic (exact) mass is 321 g/mol. The standard InChI is InChI=1S/C17H23NO3S/c1-12(2)7-8-22-11-16(19)18-10-14-6-4-3-5-13(14)9-15(18)17(20)21/h3-6,12,15H,7-11H2,1-2H3,(H,20,21). The summed E-state index contributed by atoms with van der Waals surface area (Å²) in [5.41, 5.74) is 2.09. The van der Waals surface area contributed by atoms with Crippen molar-refractivity contribution in [2.45, 2.75) is 39.3 Å². The first kappa shape index (κ1) is 16.9. The van der Waals surface area contributed by atoms with Crippen molar-refractivity contribution < 1.29 is 14.7 Å². The summed E-state index contributed by atoms with van der Waals surface area (Å²) in [4.78, 5) is 25.4. The van der Waals surface area contributed by atoms with Crippen LogP contribution < -0.4 is 0 Å². The molecule has 0 saturated carbocycles. The highest BCUT2D eigenvalue weighted by molar-refractivity contribution is 7.99. The van der Waals surface area contributed by atoms with Gasteiger partial charge in [0.25, 0.3) is 0 Å². The SMILES string of the molecule is CC(C)CCSCC(=O)N1Cc2ccccc2CC1C(=O)O. The maximum absolute atomic E-state index is 12.4. The van der Waals surface area contributed by atoms with Gasteiger partial charge in [-0.25, -0.2) is 4.79 Å². The largest absolute Gasteiger partial charge is 0.480 e. The number of amides is 1. The maximum atomic E-state index is 12.4. The lowest BCUT2D eigenvalue weighted by Gasteiger charge is -2.34. The predicted octanol–water partition coefficient (Wildman–Crippen LogP) is 2.80. The van der Waals surface area contributed by atoms with Crippen LogP contribution in [0.4, 0.5) is 0 Å². The van der Waals surface area contributed by atoms with Crippen LogP contribution in [0.3, 0.4) is 0 Å². The normalized spacial score (nSPS) is 17.4. The minimum atomic E-state index is -0.921. The highest BCUT2D eigenvalue weighted by Gasteiger charge is 2.34. The molecule has 2 rings (SSSR count). The summed E-state index contributed by atoms with van der Waals surface area (Å²) in [6.45, 7) is 4.71. The van der Waals surface area contributed by atoms with Gasteiger partial charge in [-0.05, 0) is 29.2 Å². The molecule has 1 heterocycles. The second kappa shape index (κ2) is 7.68. The molecule has 1 aliphatic heterocycles. The number of carbonyl (C=O) groups is 2. The molecule has 0 bridgehead atoms. The van der Waals surface area contributed by atoms with Gasteiger partial charge in [0.05, 0.1) is 5.75 Å². The van der Waals surface area contributed by atoms with Crippen LogP contribution in [0.1, 0.15) is 31.4 Å². The van der Waals surface area contributed by atoms with Crippen molar-refractivity contribution in [1.82, 2.24) is 4.90 Å². The lowest BCUT2D eigenvalue weighted by atomic mass is 9.94. The van der Waals surface area contributed by atoms with Crippen molar-refractivity contribution in [2.24, 2.45) is 5.92 Å². The van der Waals surface area contributed by atoms with Crippen LogP contribution in [0, 0.1) is 5.92 Å². The number of rotatable bonds is 6. The first-order valence-corrected chi connectivity index (χ1v) is 8.81. The fourth-order valence-electron chi connectivity index (χ4n) is 2.57. The number of benzene rings is 1. The Morgan fingerprint density at radius 2 is 2.00 bits per heavy atom. The summed E-state index contributed by atoms with van der Waals surface area (Å²) in [5.74, 6) is 0.923. The van der Waals surface area contributed by atoms with E-state index < -0.39 is 12.0 Å². The van der Waals surface area contributed by atoms with E-state index in [1.807, 2.05) is 24.3 Å². The number of nitrogens with zero attached hydrogens (tertiary/aromatic N) is 1. The molecule has 0 fully saturated rings. The summed E-state index contributed by atoms with van der Waals surface area (Å²) in [5, 5.41) is 9.43. The molecule has 1 aromatic rings. The number of aliphatic carboxylic acids is 1. The van der Waals surface area contributed by atoms with Gasteiger partial charge in [-0.15, -0.1) is 0 Å². The number of carbonyl (C=O) groups excluding carboxylic acids is 1. The Balaban J connectivity index is 2.01. The van der Waals surface area contributed by atoms with Crippen LogP contribution in [-0.2, 0) is 22.6 Å². The van der Waals surface area contributed by atoms with Crippen molar-refractivity contribution in [3.8, 4) is 0 Å². The van der Waals surface area contributed by atoms with Gasteiger partial charge in [-0.1, -0.05) is 38.1 Å². The summed E-state index contributed by atoms with van der Waals surface area (Å²) < 4.78 is 0. The van der Waals surface area contributed by atoms with Crippen molar-refractivity contribution in [1.29, 1.82) is 0 Å². The molecule has 0 aliphatic carbocycles. The lowest BCUT2D eigenvalue weighted by Crippen LogP contribution is -2.49. The van der Waals surface area contributed by atoms with Crippen molar-refractivity contribution in [3.05, 3.63) is 35.4 Å². The van der Waals surface area contributed by atoms with E-state index >= 15 is 0 Å². The molecule has 1 N–H and O–H groups in total.